The summed E-state index contributed by atoms with van der Waals surface area (Å²) in [7, 11) is 0. The van der Waals surface area contributed by atoms with Crippen LogP contribution < -0.4 is 10.2 Å². The number of hydrogen-bond acceptors (Lipinski definition) is 3. The van der Waals surface area contributed by atoms with E-state index < -0.39 is 0 Å². The summed E-state index contributed by atoms with van der Waals surface area (Å²) >= 11 is 8.12. The van der Waals surface area contributed by atoms with Gasteiger partial charge in [-0.05, 0) is 43.2 Å². The second kappa shape index (κ2) is 8.43. The Labute approximate surface area is 158 Å². The van der Waals surface area contributed by atoms with Crippen molar-refractivity contribution < 1.29 is 0 Å². The summed E-state index contributed by atoms with van der Waals surface area (Å²) < 4.78 is 0. The van der Waals surface area contributed by atoms with Gasteiger partial charge >= 0.3 is 0 Å². The third-order valence-electron chi connectivity index (χ3n) is 4.00. The standard InChI is InChI=1S/C18H21ClN2S.BrH/c1-13-11-14(2)18(12-15(13)19)22-17-6-4-3-5-16(17)21-9-7-20-8-10-21;/h3-6,11-12,20H,7-10H2,1-2H3;1H. The number of para-hydroxylation sites is 1. The van der Waals surface area contributed by atoms with Crippen LogP contribution in [0.25, 0.3) is 0 Å². The number of nitrogens with zero attached hydrogens (tertiary/aromatic N) is 1. The van der Waals surface area contributed by atoms with Gasteiger partial charge in [0, 0.05) is 41.0 Å². The zero-order valence-electron chi connectivity index (χ0n) is 13.4. The van der Waals surface area contributed by atoms with Gasteiger partial charge in [-0.1, -0.05) is 41.6 Å². The Morgan fingerprint density at radius 3 is 2.43 bits per heavy atom. The molecule has 1 aliphatic heterocycles. The minimum absolute atomic E-state index is 0. The van der Waals surface area contributed by atoms with Crippen molar-refractivity contribution >= 4 is 46.0 Å². The van der Waals surface area contributed by atoms with Gasteiger partial charge in [0.05, 0.1) is 5.69 Å². The largest absolute Gasteiger partial charge is 0.368 e. The summed E-state index contributed by atoms with van der Waals surface area (Å²) in [5.74, 6) is 0. The van der Waals surface area contributed by atoms with Gasteiger partial charge in [-0.2, -0.15) is 0 Å². The molecule has 0 radical (unpaired) electrons. The van der Waals surface area contributed by atoms with Crippen LogP contribution in [0.3, 0.4) is 0 Å². The van der Waals surface area contributed by atoms with Crippen molar-refractivity contribution in [2.24, 2.45) is 0 Å². The first kappa shape index (κ1) is 18.7. The van der Waals surface area contributed by atoms with Crippen molar-refractivity contribution in [1.29, 1.82) is 0 Å². The molecule has 3 rings (SSSR count). The van der Waals surface area contributed by atoms with Crippen molar-refractivity contribution in [3.05, 3.63) is 52.5 Å². The monoisotopic (exact) mass is 412 g/mol. The van der Waals surface area contributed by atoms with Crippen LogP contribution in [0.5, 0.6) is 0 Å². The molecule has 0 aromatic heterocycles. The van der Waals surface area contributed by atoms with Crippen LogP contribution in [0.1, 0.15) is 11.1 Å². The molecular formula is C18H22BrClN2S. The van der Waals surface area contributed by atoms with Crippen LogP contribution in [-0.4, -0.2) is 26.2 Å². The molecular weight excluding hydrogens is 392 g/mol. The number of piperazine rings is 1. The van der Waals surface area contributed by atoms with Crippen molar-refractivity contribution in [3.8, 4) is 0 Å². The summed E-state index contributed by atoms with van der Waals surface area (Å²) in [6.07, 6.45) is 0. The predicted octanol–water partition coefficient (Wildman–Crippen LogP) is 5.10. The minimum atomic E-state index is 0. The molecule has 0 aliphatic carbocycles. The lowest BCUT2D eigenvalue weighted by molar-refractivity contribution is 0.587. The molecule has 1 N–H and O–H groups in total. The highest BCUT2D eigenvalue weighted by Gasteiger charge is 2.15. The quantitative estimate of drug-likeness (QED) is 0.754. The van der Waals surface area contributed by atoms with E-state index in [4.69, 9.17) is 11.6 Å². The molecule has 0 bridgehead atoms. The molecule has 23 heavy (non-hydrogen) atoms. The Kier molecular flexibility index (Phi) is 6.84. The maximum Gasteiger partial charge on any atom is 0.0508 e. The van der Waals surface area contributed by atoms with Crippen LogP contribution in [0.4, 0.5) is 5.69 Å². The van der Waals surface area contributed by atoms with Crippen molar-refractivity contribution in [3.63, 3.8) is 0 Å². The number of benzene rings is 2. The van der Waals surface area contributed by atoms with Gasteiger partial charge in [0.2, 0.25) is 0 Å². The van der Waals surface area contributed by atoms with E-state index in [0.717, 1.165) is 36.8 Å². The van der Waals surface area contributed by atoms with E-state index in [1.54, 1.807) is 0 Å². The van der Waals surface area contributed by atoms with E-state index in [2.05, 4.69) is 60.5 Å². The fraction of sp³-hybridized carbons (Fsp3) is 0.333. The molecule has 2 aromatic carbocycles. The number of halogens is 2. The third-order valence-corrected chi connectivity index (χ3v) is 5.63. The second-order valence-electron chi connectivity index (χ2n) is 5.67. The average molecular weight is 414 g/mol. The zero-order chi connectivity index (χ0) is 15.5. The maximum atomic E-state index is 6.31. The molecule has 1 heterocycles. The lowest BCUT2D eigenvalue weighted by Crippen LogP contribution is -2.43. The molecule has 1 saturated heterocycles. The first-order valence-corrected chi connectivity index (χ1v) is 8.84. The van der Waals surface area contributed by atoms with Gasteiger partial charge < -0.3 is 10.2 Å². The van der Waals surface area contributed by atoms with Gasteiger partial charge in [-0.25, -0.2) is 0 Å². The first-order chi connectivity index (χ1) is 10.6. The Hall–Kier alpha value is -0.680. The number of hydrogen-bond donors (Lipinski definition) is 1. The normalized spacial score (nSPS) is 14.5. The number of anilines is 1. The van der Waals surface area contributed by atoms with Crippen molar-refractivity contribution in [2.45, 2.75) is 23.6 Å². The molecule has 0 saturated carbocycles. The van der Waals surface area contributed by atoms with Gasteiger partial charge in [-0.3, -0.25) is 0 Å². The van der Waals surface area contributed by atoms with Gasteiger partial charge in [0.25, 0.3) is 0 Å². The summed E-state index contributed by atoms with van der Waals surface area (Å²) in [6, 6.07) is 12.9. The van der Waals surface area contributed by atoms with E-state index in [1.165, 1.54) is 21.0 Å². The van der Waals surface area contributed by atoms with Crippen LogP contribution in [0, 0.1) is 13.8 Å². The highest BCUT2D eigenvalue weighted by atomic mass is 79.9. The predicted molar refractivity (Wildman–Crippen MR) is 107 cm³/mol. The zero-order valence-corrected chi connectivity index (χ0v) is 16.7. The van der Waals surface area contributed by atoms with E-state index >= 15 is 0 Å². The highest BCUT2D eigenvalue weighted by Crippen LogP contribution is 2.38. The maximum absolute atomic E-state index is 6.31. The van der Waals surface area contributed by atoms with Gasteiger partial charge in [0.15, 0.2) is 0 Å². The van der Waals surface area contributed by atoms with E-state index in [1.807, 2.05) is 11.8 Å². The third kappa shape index (κ3) is 4.44. The lowest BCUT2D eigenvalue weighted by atomic mass is 10.2. The van der Waals surface area contributed by atoms with E-state index in [-0.39, 0.29) is 17.0 Å². The molecule has 2 aromatic rings. The fourth-order valence-electron chi connectivity index (χ4n) is 2.75. The number of nitrogens with one attached hydrogen (secondary N) is 1. The Bertz CT molecular complexity index is 672. The fourth-order valence-corrected chi connectivity index (χ4v) is 4.06. The highest BCUT2D eigenvalue weighted by molar-refractivity contribution is 8.93. The van der Waals surface area contributed by atoms with Crippen LogP contribution in [0.15, 0.2) is 46.2 Å². The second-order valence-corrected chi connectivity index (χ2v) is 7.16. The topological polar surface area (TPSA) is 15.3 Å². The summed E-state index contributed by atoms with van der Waals surface area (Å²) in [5, 5.41) is 4.25. The molecule has 0 spiro atoms. The summed E-state index contributed by atoms with van der Waals surface area (Å²) in [4.78, 5) is 5.00. The Morgan fingerprint density at radius 1 is 1.00 bits per heavy atom. The number of aryl methyl sites for hydroxylation is 2. The lowest BCUT2D eigenvalue weighted by Gasteiger charge is -2.31. The van der Waals surface area contributed by atoms with Crippen molar-refractivity contribution in [1.82, 2.24) is 5.32 Å². The average Bonchev–Trinajstić information content (AvgIpc) is 2.54. The molecule has 1 fully saturated rings. The van der Waals surface area contributed by atoms with Gasteiger partial charge in [0.1, 0.15) is 0 Å². The molecule has 2 nitrogen and oxygen atoms in total. The van der Waals surface area contributed by atoms with Gasteiger partial charge in [-0.15, -0.1) is 17.0 Å². The van der Waals surface area contributed by atoms with Crippen molar-refractivity contribution in [2.75, 3.05) is 31.1 Å². The molecule has 0 unspecified atom stereocenters. The number of rotatable bonds is 3. The van der Waals surface area contributed by atoms with E-state index in [0.29, 0.717) is 0 Å². The molecule has 1 aliphatic rings. The van der Waals surface area contributed by atoms with Crippen LogP contribution in [-0.2, 0) is 0 Å². The van der Waals surface area contributed by atoms with Crippen LogP contribution >= 0.6 is 40.3 Å². The molecule has 0 atom stereocenters. The Balaban J connectivity index is 0.00000192. The molecule has 124 valence electrons. The molecule has 5 heteroatoms. The minimum Gasteiger partial charge on any atom is -0.368 e. The molecule has 0 amide bonds. The Morgan fingerprint density at radius 2 is 1.70 bits per heavy atom. The van der Waals surface area contributed by atoms with Crippen LogP contribution in [0.2, 0.25) is 5.02 Å². The smallest absolute Gasteiger partial charge is 0.0508 e. The summed E-state index contributed by atoms with van der Waals surface area (Å²) in [5.41, 5.74) is 3.74. The SMILES string of the molecule is Br.Cc1cc(C)c(Sc2ccccc2N2CCNCC2)cc1Cl. The first-order valence-electron chi connectivity index (χ1n) is 7.64. The van der Waals surface area contributed by atoms with E-state index in [9.17, 15) is 0 Å². The summed E-state index contributed by atoms with van der Waals surface area (Å²) in [6.45, 7) is 8.43.